The molecule has 1 aromatic heterocycles. The third-order valence-corrected chi connectivity index (χ3v) is 4.99. The van der Waals surface area contributed by atoms with Gasteiger partial charge in [0.05, 0.1) is 10.5 Å². The fourth-order valence-corrected chi connectivity index (χ4v) is 3.65. The van der Waals surface area contributed by atoms with Gasteiger partial charge in [0.15, 0.2) is 0 Å². The van der Waals surface area contributed by atoms with Crippen molar-refractivity contribution in [2.45, 2.75) is 19.3 Å². The van der Waals surface area contributed by atoms with E-state index in [1.165, 1.54) is 5.56 Å². The molecule has 0 bridgehead atoms. The summed E-state index contributed by atoms with van der Waals surface area (Å²) in [7, 11) is 0. The highest BCUT2D eigenvalue weighted by molar-refractivity contribution is 9.10. The molecule has 0 spiro atoms. The third kappa shape index (κ3) is 3.58. The molecule has 0 saturated heterocycles. The molecule has 3 aromatic rings. The van der Waals surface area contributed by atoms with Crippen molar-refractivity contribution >= 4 is 50.0 Å². The topological polar surface area (TPSA) is 41.8 Å². The first-order valence-corrected chi connectivity index (χ1v) is 9.10. The number of nitrogens with one attached hydrogen (secondary N) is 1. The van der Waals surface area contributed by atoms with E-state index in [0.29, 0.717) is 16.6 Å². The van der Waals surface area contributed by atoms with Crippen LogP contribution in [0.3, 0.4) is 0 Å². The number of rotatable bonds is 5. The normalized spacial score (nSPS) is 11.3. The standard InChI is InChI=1S/C18H17BrCl2N2/c19-12-6-4-11(5-7-12)17-14(3-1-2-8-22)15-9-13(20)10-16(21)18(15)23-17/h4-7,9-10,23H,1-3,8,22H2. The van der Waals surface area contributed by atoms with Gasteiger partial charge in [0.2, 0.25) is 0 Å². The molecule has 5 heteroatoms. The minimum atomic E-state index is 0.649. The molecule has 3 N–H and O–H groups in total. The molecular weight excluding hydrogens is 395 g/mol. The Morgan fingerprint density at radius 2 is 1.78 bits per heavy atom. The quantitative estimate of drug-likeness (QED) is 0.483. The van der Waals surface area contributed by atoms with Gasteiger partial charge < -0.3 is 10.7 Å². The van der Waals surface area contributed by atoms with Crippen LogP contribution in [0.25, 0.3) is 22.2 Å². The van der Waals surface area contributed by atoms with Gasteiger partial charge in [0.1, 0.15) is 0 Å². The minimum absolute atomic E-state index is 0.649. The first-order valence-electron chi connectivity index (χ1n) is 7.55. The number of hydrogen-bond acceptors (Lipinski definition) is 1. The van der Waals surface area contributed by atoms with Gasteiger partial charge in [-0.2, -0.15) is 0 Å². The molecule has 0 fully saturated rings. The Labute approximate surface area is 154 Å². The van der Waals surface area contributed by atoms with E-state index in [1.807, 2.05) is 18.2 Å². The van der Waals surface area contributed by atoms with Crippen LogP contribution >= 0.6 is 39.1 Å². The van der Waals surface area contributed by atoms with Crippen molar-refractivity contribution in [1.82, 2.24) is 4.98 Å². The molecule has 0 saturated carbocycles. The summed E-state index contributed by atoms with van der Waals surface area (Å²) >= 11 is 16.1. The van der Waals surface area contributed by atoms with E-state index in [0.717, 1.165) is 45.9 Å². The predicted octanol–water partition coefficient (Wildman–Crippen LogP) is 6.19. The first kappa shape index (κ1) is 16.8. The molecule has 120 valence electrons. The number of aromatic nitrogens is 1. The molecule has 0 radical (unpaired) electrons. The Morgan fingerprint density at radius 1 is 1.04 bits per heavy atom. The predicted molar refractivity (Wildman–Crippen MR) is 103 cm³/mol. The Kier molecular flexibility index (Phi) is 5.32. The SMILES string of the molecule is NCCCCc1c(-c2ccc(Br)cc2)[nH]c2c(Cl)cc(Cl)cc12. The maximum atomic E-state index is 6.38. The van der Waals surface area contributed by atoms with Crippen LogP contribution in [0.2, 0.25) is 10.0 Å². The second-order valence-corrected chi connectivity index (χ2v) is 7.30. The van der Waals surface area contributed by atoms with Crippen molar-refractivity contribution in [3.63, 3.8) is 0 Å². The number of aryl methyl sites for hydroxylation is 1. The first-order chi connectivity index (χ1) is 11.1. The molecule has 0 aliphatic carbocycles. The number of H-pyrrole nitrogens is 1. The molecule has 3 rings (SSSR count). The van der Waals surface area contributed by atoms with Gasteiger partial charge in [-0.05, 0) is 61.2 Å². The zero-order chi connectivity index (χ0) is 16.4. The van der Waals surface area contributed by atoms with Gasteiger partial charge in [0, 0.05) is 20.6 Å². The molecule has 2 nitrogen and oxygen atoms in total. The van der Waals surface area contributed by atoms with Crippen LogP contribution in [0.4, 0.5) is 0 Å². The maximum absolute atomic E-state index is 6.38. The number of unbranched alkanes of at least 4 members (excludes halogenated alkanes) is 1. The molecule has 0 amide bonds. The molecule has 2 aromatic carbocycles. The van der Waals surface area contributed by atoms with Crippen LogP contribution < -0.4 is 5.73 Å². The van der Waals surface area contributed by atoms with Crippen LogP contribution in [0, 0.1) is 0 Å². The Morgan fingerprint density at radius 3 is 2.48 bits per heavy atom. The minimum Gasteiger partial charge on any atom is -0.353 e. The van der Waals surface area contributed by atoms with Crippen LogP contribution in [-0.4, -0.2) is 11.5 Å². The van der Waals surface area contributed by atoms with Crippen molar-refractivity contribution < 1.29 is 0 Å². The summed E-state index contributed by atoms with van der Waals surface area (Å²) < 4.78 is 1.06. The van der Waals surface area contributed by atoms with Crippen molar-refractivity contribution in [2.24, 2.45) is 5.73 Å². The van der Waals surface area contributed by atoms with Gasteiger partial charge in [-0.15, -0.1) is 0 Å². The van der Waals surface area contributed by atoms with Gasteiger partial charge in [0.25, 0.3) is 0 Å². The third-order valence-electron chi connectivity index (χ3n) is 3.95. The zero-order valence-electron chi connectivity index (χ0n) is 12.5. The van der Waals surface area contributed by atoms with Gasteiger partial charge in [-0.3, -0.25) is 0 Å². The van der Waals surface area contributed by atoms with Crippen LogP contribution in [0.15, 0.2) is 40.9 Å². The van der Waals surface area contributed by atoms with Crippen LogP contribution in [-0.2, 0) is 6.42 Å². The highest BCUT2D eigenvalue weighted by Gasteiger charge is 2.15. The molecule has 0 aliphatic heterocycles. The van der Waals surface area contributed by atoms with Crippen molar-refractivity contribution in [2.75, 3.05) is 6.54 Å². The summed E-state index contributed by atoms with van der Waals surface area (Å²) in [5.41, 5.74) is 10.1. The van der Waals surface area contributed by atoms with E-state index < -0.39 is 0 Å². The van der Waals surface area contributed by atoms with E-state index >= 15 is 0 Å². The maximum Gasteiger partial charge on any atom is 0.0662 e. The molecule has 0 aliphatic rings. The van der Waals surface area contributed by atoms with Crippen molar-refractivity contribution in [3.05, 3.63) is 56.5 Å². The number of benzene rings is 2. The van der Waals surface area contributed by atoms with Crippen LogP contribution in [0.5, 0.6) is 0 Å². The number of fused-ring (bicyclic) bond motifs is 1. The lowest BCUT2D eigenvalue weighted by Crippen LogP contribution is -1.99. The molecule has 23 heavy (non-hydrogen) atoms. The van der Waals surface area contributed by atoms with E-state index in [1.54, 1.807) is 6.07 Å². The number of hydrogen-bond donors (Lipinski definition) is 2. The summed E-state index contributed by atoms with van der Waals surface area (Å²) in [6.45, 7) is 0.706. The molecular formula is C18H17BrCl2N2. The fraction of sp³-hybridized carbons (Fsp3) is 0.222. The summed E-state index contributed by atoms with van der Waals surface area (Å²) in [4.78, 5) is 3.49. The van der Waals surface area contributed by atoms with E-state index in [4.69, 9.17) is 28.9 Å². The summed E-state index contributed by atoms with van der Waals surface area (Å²) in [6.07, 6.45) is 2.98. The van der Waals surface area contributed by atoms with Crippen LogP contribution in [0.1, 0.15) is 18.4 Å². The fourth-order valence-electron chi connectivity index (χ4n) is 2.84. The molecule has 0 atom stereocenters. The van der Waals surface area contributed by atoms with Crippen molar-refractivity contribution in [3.8, 4) is 11.3 Å². The highest BCUT2D eigenvalue weighted by atomic mass is 79.9. The van der Waals surface area contributed by atoms with Gasteiger partial charge >= 0.3 is 0 Å². The lowest BCUT2D eigenvalue weighted by Gasteiger charge is -2.06. The smallest absolute Gasteiger partial charge is 0.0662 e. The van der Waals surface area contributed by atoms with E-state index in [2.05, 4.69) is 33.0 Å². The largest absolute Gasteiger partial charge is 0.353 e. The lowest BCUT2D eigenvalue weighted by molar-refractivity contribution is 0.748. The summed E-state index contributed by atoms with van der Waals surface area (Å²) in [5, 5.41) is 2.40. The number of nitrogens with two attached hydrogens (primary N) is 1. The number of aromatic amines is 1. The molecule has 0 unspecified atom stereocenters. The zero-order valence-corrected chi connectivity index (χ0v) is 15.6. The summed E-state index contributed by atoms with van der Waals surface area (Å²) in [6, 6.07) is 12.0. The monoisotopic (exact) mass is 410 g/mol. The highest BCUT2D eigenvalue weighted by Crippen LogP contribution is 2.37. The lowest BCUT2D eigenvalue weighted by atomic mass is 10.0. The van der Waals surface area contributed by atoms with Crippen molar-refractivity contribution in [1.29, 1.82) is 0 Å². The second-order valence-electron chi connectivity index (χ2n) is 5.54. The molecule has 1 heterocycles. The second kappa shape index (κ2) is 7.27. The Balaban J connectivity index is 2.16. The summed E-state index contributed by atoms with van der Waals surface area (Å²) in [5.74, 6) is 0. The van der Waals surface area contributed by atoms with Gasteiger partial charge in [-0.25, -0.2) is 0 Å². The average Bonchev–Trinajstić information content (AvgIpc) is 2.87. The number of halogens is 3. The average molecular weight is 412 g/mol. The van der Waals surface area contributed by atoms with E-state index in [9.17, 15) is 0 Å². The Bertz CT molecular complexity index is 825. The Hall–Kier alpha value is -1.00. The van der Waals surface area contributed by atoms with E-state index in [-0.39, 0.29) is 0 Å². The van der Waals surface area contributed by atoms with Gasteiger partial charge in [-0.1, -0.05) is 51.3 Å².